The van der Waals surface area contributed by atoms with Crippen molar-refractivity contribution < 1.29 is 4.74 Å². The molecule has 0 unspecified atom stereocenters. The standard InChI is InChI=1S/C9H19NO/c1-3-5-11-6-4-9(2)7-10-8-9/h10H,3-8H2,1-2H3. The summed E-state index contributed by atoms with van der Waals surface area (Å²) in [5.74, 6) is 0. The molecule has 66 valence electrons. The van der Waals surface area contributed by atoms with Gasteiger partial charge in [0.1, 0.15) is 0 Å². The molecular weight excluding hydrogens is 138 g/mol. The summed E-state index contributed by atoms with van der Waals surface area (Å²) in [5.41, 5.74) is 0.535. The first kappa shape index (κ1) is 9.01. The van der Waals surface area contributed by atoms with Crippen LogP contribution in [0.4, 0.5) is 0 Å². The Hall–Kier alpha value is -0.0800. The Morgan fingerprint density at radius 1 is 1.36 bits per heavy atom. The molecule has 0 amide bonds. The Kier molecular flexibility index (Phi) is 3.34. The molecule has 1 aliphatic heterocycles. The van der Waals surface area contributed by atoms with Gasteiger partial charge in [0.2, 0.25) is 0 Å². The molecule has 1 heterocycles. The van der Waals surface area contributed by atoms with E-state index in [0.29, 0.717) is 5.41 Å². The van der Waals surface area contributed by atoms with Gasteiger partial charge >= 0.3 is 0 Å². The van der Waals surface area contributed by atoms with Gasteiger partial charge in [0.25, 0.3) is 0 Å². The third-order valence-electron chi connectivity index (χ3n) is 2.30. The summed E-state index contributed by atoms with van der Waals surface area (Å²) in [4.78, 5) is 0. The largest absolute Gasteiger partial charge is 0.381 e. The van der Waals surface area contributed by atoms with Gasteiger partial charge in [0, 0.05) is 26.3 Å². The molecule has 0 aromatic heterocycles. The summed E-state index contributed by atoms with van der Waals surface area (Å²) in [5, 5.41) is 3.29. The van der Waals surface area contributed by atoms with Crippen molar-refractivity contribution in [3.63, 3.8) is 0 Å². The number of hydrogen-bond donors (Lipinski definition) is 1. The van der Waals surface area contributed by atoms with Gasteiger partial charge in [0.15, 0.2) is 0 Å². The lowest BCUT2D eigenvalue weighted by Gasteiger charge is -2.39. The molecule has 1 N–H and O–H groups in total. The van der Waals surface area contributed by atoms with E-state index in [0.717, 1.165) is 19.6 Å². The third-order valence-corrected chi connectivity index (χ3v) is 2.30. The van der Waals surface area contributed by atoms with Crippen LogP contribution in [0.15, 0.2) is 0 Å². The average molecular weight is 157 g/mol. The molecule has 2 heteroatoms. The van der Waals surface area contributed by atoms with Crippen LogP contribution < -0.4 is 5.32 Å². The maximum Gasteiger partial charge on any atom is 0.0472 e. The number of nitrogens with one attached hydrogen (secondary N) is 1. The van der Waals surface area contributed by atoms with Gasteiger partial charge in [-0.25, -0.2) is 0 Å². The molecule has 0 aliphatic carbocycles. The van der Waals surface area contributed by atoms with Crippen molar-refractivity contribution in [3.8, 4) is 0 Å². The van der Waals surface area contributed by atoms with Crippen LogP contribution in [-0.4, -0.2) is 26.3 Å². The van der Waals surface area contributed by atoms with Gasteiger partial charge in [-0.3, -0.25) is 0 Å². The molecular formula is C9H19NO. The van der Waals surface area contributed by atoms with Gasteiger partial charge in [-0.15, -0.1) is 0 Å². The minimum absolute atomic E-state index is 0.535. The van der Waals surface area contributed by atoms with Crippen molar-refractivity contribution in [2.45, 2.75) is 26.7 Å². The average Bonchev–Trinajstić information content (AvgIpc) is 1.95. The zero-order valence-corrected chi connectivity index (χ0v) is 7.65. The Balaban J connectivity index is 1.94. The molecule has 0 bridgehead atoms. The topological polar surface area (TPSA) is 21.3 Å². The van der Waals surface area contributed by atoms with Crippen molar-refractivity contribution in [1.29, 1.82) is 0 Å². The van der Waals surface area contributed by atoms with Gasteiger partial charge in [-0.1, -0.05) is 13.8 Å². The van der Waals surface area contributed by atoms with E-state index in [-0.39, 0.29) is 0 Å². The lowest BCUT2D eigenvalue weighted by Crippen LogP contribution is -2.51. The van der Waals surface area contributed by atoms with Crippen molar-refractivity contribution in [3.05, 3.63) is 0 Å². The van der Waals surface area contributed by atoms with Gasteiger partial charge < -0.3 is 10.1 Å². The van der Waals surface area contributed by atoms with Crippen LogP contribution in [0.1, 0.15) is 26.7 Å². The van der Waals surface area contributed by atoms with Crippen molar-refractivity contribution in [2.75, 3.05) is 26.3 Å². The number of rotatable bonds is 5. The molecule has 0 spiro atoms. The molecule has 0 atom stereocenters. The van der Waals surface area contributed by atoms with Crippen LogP contribution in [-0.2, 0) is 4.74 Å². The van der Waals surface area contributed by atoms with Crippen LogP contribution in [0.2, 0.25) is 0 Å². The molecule has 0 aromatic rings. The SMILES string of the molecule is CCCOCCC1(C)CNC1. The van der Waals surface area contributed by atoms with Gasteiger partial charge in [-0.2, -0.15) is 0 Å². The van der Waals surface area contributed by atoms with E-state index >= 15 is 0 Å². The summed E-state index contributed by atoms with van der Waals surface area (Å²) < 4.78 is 5.43. The van der Waals surface area contributed by atoms with E-state index in [1.807, 2.05) is 0 Å². The highest BCUT2D eigenvalue weighted by atomic mass is 16.5. The first-order chi connectivity index (χ1) is 5.27. The summed E-state index contributed by atoms with van der Waals surface area (Å²) in [6, 6.07) is 0. The van der Waals surface area contributed by atoms with Gasteiger partial charge in [0.05, 0.1) is 0 Å². The normalized spacial score (nSPS) is 21.3. The van der Waals surface area contributed by atoms with E-state index in [2.05, 4.69) is 19.2 Å². The van der Waals surface area contributed by atoms with Crippen molar-refractivity contribution in [2.24, 2.45) is 5.41 Å². The molecule has 0 radical (unpaired) electrons. The number of hydrogen-bond acceptors (Lipinski definition) is 2. The highest BCUT2D eigenvalue weighted by Gasteiger charge is 2.30. The maximum atomic E-state index is 5.43. The molecule has 1 aliphatic rings. The molecule has 1 rings (SSSR count). The zero-order chi connectivity index (χ0) is 8.16. The molecule has 1 saturated heterocycles. The van der Waals surface area contributed by atoms with Crippen LogP contribution in [0.3, 0.4) is 0 Å². The maximum absolute atomic E-state index is 5.43. The zero-order valence-electron chi connectivity index (χ0n) is 7.65. The smallest absolute Gasteiger partial charge is 0.0472 e. The Morgan fingerprint density at radius 2 is 2.09 bits per heavy atom. The summed E-state index contributed by atoms with van der Waals surface area (Å²) in [6.07, 6.45) is 2.34. The molecule has 11 heavy (non-hydrogen) atoms. The molecule has 0 aromatic carbocycles. The summed E-state index contributed by atoms with van der Waals surface area (Å²) in [6.45, 7) is 8.66. The Bertz CT molecular complexity index is 110. The van der Waals surface area contributed by atoms with E-state index in [1.165, 1.54) is 19.5 Å². The fraction of sp³-hybridized carbons (Fsp3) is 1.00. The third kappa shape index (κ3) is 2.80. The van der Waals surface area contributed by atoms with E-state index in [4.69, 9.17) is 4.74 Å². The Labute approximate surface area is 69.3 Å². The van der Waals surface area contributed by atoms with E-state index in [1.54, 1.807) is 0 Å². The summed E-state index contributed by atoms with van der Waals surface area (Å²) >= 11 is 0. The van der Waals surface area contributed by atoms with Crippen LogP contribution in [0.5, 0.6) is 0 Å². The summed E-state index contributed by atoms with van der Waals surface area (Å²) in [7, 11) is 0. The lowest BCUT2D eigenvalue weighted by atomic mass is 9.81. The fourth-order valence-electron chi connectivity index (χ4n) is 1.29. The van der Waals surface area contributed by atoms with E-state index < -0.39 is 0 Å². The van der Waals surface area contributed by atoms with Crippen LogP contribution >= 0.6 is 0 Å². The van der Waals surface area contributed by atoms with Crippen LogP contribution in [0, 0.1) is 5.41 Å². The minimum atomic E-state index is 0.535. The highest BCUT2D eigenvalue weighted by molar-refractivity contribution is 4.87. The second-order valence-corrected chi connectivity index (χ2v) is 3.78. The molecule has 0 saturated carbocycles. The lowest BCUT2D eigenvalue weighted by molar-refractivity contribution is 0.0762. The van der Waals surface area contributed by atoms with Crippen LogP contribution in [0.25, 0.3) is 0 Å². The van der Waals surface area contributed by atoms with E-state index in [9.17, 15) is 0 Å². The van der Waals surface area contributed by atoms with Gasteiger partial charge in [-0.05, 0) is 18.3 Å². The first-order valence-electron chi connectivity index (χ1n) is 4.55. The minimum Gasteiger partial charge on any atom is -0.381 e. The van der Waals surface area contributed by atoms with Crippen molar-refractivity contribution in [1.82, 2.24) is 5.32 Å². The predicted molar refractivity (Wildman–Crippen MR) is 46.7 cm³/mol. The highest BCUT2D eigenvalue weighted by Crippen LogP contribution is 2.25. The Morgan fingerprint density at radius 3 is 2.55 bits per heavy atom. The monoisotopic (exact) mass is 157 g/mol. The molecule has 1 fully saturated rings. The first-order valence-corrected chi connectivity index (χ1v) is 4.55. The second-order valence-electron chi connectivity index (χ2n) is 3.78. The number of ether oxygens (including phenoxy) is 1. The van der Waals surface area contributed by atoms with Crippen molar-refractivity contribution >= 4 is 0 Å². The predicted octanol–water partition coefficient (Wildman–Crippen LogP) is 1.41. The molecule has 2 nitrogen and oxygen atoms in total. The fourth-order valence-corrected chi connectivity index (χ4v) is 1.29. The second kappa shape index (κ2) is 4.07. The quantitative estimate of drug-likeness (QED) is 0.609.